The average molecular weight is 431 g/mol. The topological polar surface area (TPSA) is 75.5 Å². The lowest BCUT2D eigenvalue weighted by Crippen LogP contribution is -2.29. The molecule has 2 saturated heterocycles. The Morgan fingerprint density at radius 2 is 1.80 bits per heavy atom. The molecule has 162 valence electrons. The smallest absolute Gasteiger partial charge is 0.246 e. The third kappa shape index (κ3) is 4.03. The van der Waals surface area contributed by atoms with Crippen molar-refractivity contribution in [3.05, 3.63) is 47.3 Å². The van der Waals surface area contributed by atoms with Crippen LogP contribution in [0.4, 0.5) is 0 Å². The van der Waals surface area contributed by atoms with Gasteiger partial charge in [0.25, 0.3) is 0 Å². The maximum atomic E-state index is 13.0. The number of rotatable bonds is 6. The number of aromatic nitrogens is 2. The van der Waals surface area contributed by atoms with Gasteiger partial charge >= 0.3 is 0 Å². The number of benzene rings is 1. The molecular formula is C22H30N4O3S. The number of hydrogen-bond acceptors (Lipinski definition) is 4. The Morgan fingerprint density at radius 1 is 1.10 bits per heavy atom. The summed E-state index contributed by atoms with van der Waals surface area (Å²) in [6.07, 6.45) is 3.11. The monoisotopic (exact) mass is 430 g/mol. The van der Waals surface area contributed by atoms with Crippen molar-refractivity contribution in [1.82, 2.24) is 19.0 Å². The maximum absolute atomic E-state index is 13.0. The minimum Gasteiger partial charge on any atom is -0.342 e. The molecule has 0 spiro atoms. The Labute approximate surface area is 178 Å². The molecule has 30 heavy (non-hydrogen) atoms. The first kappa shape index (κ1) is 21.1. The summed E-state index contributed by atoms with van der Waals surface area (Å²) in [7, 11) is -3.52. The highest BCUT2D eigenvalue weighted by molar-refractivity contribution is 7.89. The fourth-order valence-electron chi connectivity index (χ4n) is 4.67. The highest BCUT2D eigenvalue weighted by Gasteiger charge is 2.33. The molecule has 0 saturated carbocycles. The Kier molecular flexibility index (Phi) is 5.97. The summed E-state index contributed by atoms with van der Waals surface area (Å²) in [5, 5.41) is 4.45. The summed E-state index contributed by atoms with van der Waals surface area (Å²) in [5.41, 5.74) is 2.41. The number of sulfonamides is 1. The first-order chi connectivity index (χ1) is 14.4. The SMILES string of the molecule is Cc1nn(CCC(=O)N2CCC(c3ccccc3)C2)c(C)c1S(=O)(=O)N1CCCC1. The van der Waals surface area contributed by atoms with Crippen molar-refractivity contribution in [3.8, 4) is 0 Å². The molecule has 0 N–H and O–H groups in total. The minimum absolute atomic E-state index is 0.102. The van der Waals surface area contributed by atoms with Crippen molar-refractivity contribution in [2.24, 2.45) is 0 Å². The third-order valence-electron chi connectivity index (χ3n) is 6.33. The van der Waals surface area contributed by atoms with Gasteiger partial charge in [-0.25, -0.2) is 8.42 Å². The van der Waals surface area contributed by atoms with Crippen LogP contribution in [-0.4, -0.2) is 59.5 Å². The van der Waals surface area contributed by atoms with E-state index in [1.54, 1.807) is 22.8 Å². The summed E-state index contributed by atoms with van der Waals surface area (Å²) in [6.45, 7) is 6.57. The molecule has 2 aliphatic heterocycles. The fourth-order valence-corrected chi connectivity index (χ4v) is 6.56. The highest BCUT2D eigenvalue weighted by atomic mass is 32.2. The number of nitrogens with zero attached hydrogens (tertiary/aromatic N) is 4. The summed E-state index contributed by atoms with van der Waals surface area (Å²) in [4.78, 5) is 15.0. The van der Waals surface area contributed by atoms with Crippen LogP contribution in [0.15, 0.2) is 35.2 Å². The van der Waals surface area contributed by atoms with Gasteiger partial charge in [-0.2, -0.15) is 9.40 Å². The Bertz CT molecular complexity index is 1010. The lowest BCUT2D eigenvalue weighted by Gasteiger charge is -2.17. The first-order valence-corrected chi connectivity index (χ1v) is 12.2. The quantitative estimate of drug-likeness (QED) is 0.706. The maximum Gasteiger partial charge on any atom is 0.246 e. The van der Waals surface area contributed by atoms with Crippen LogP contribution in [0.25, 0.3) is 0 Å². The summed E-state index contributed by atoms with van der Waals surface area (Å²) < 4.78 is 29.2. The van der Waals surface area contributed by atoms with Crippen molar-refractivity contribution in [2.45, 2.75) is 56.9 Å². The van der Waals surface area contributed by atoms with Gasteiger partial charge in [-0.3, -0.25) is 9.48 Å². The van der Waals surface area contributed by atoms with E-state index < -0.39 is 10.0 Å². The van der Waals surface area contributed by atoms with Crippen molar-refractivity contribution >= 4 is 15.9 Å². The Hall–Kier alpha value is -2.19. The lowest BCUT2D eigenvalue weighted by molar-refractivity contribution is -0.130. The molecule has 1 unspecified atom stereocenters. The molecule has 1 atom stereocenters. The molecule has 3 heterocycles. The van der Waals surface area contributed by atoms with Crippen LogP contribution < -0.4 is 0 Å². The molecule has 0 aliphatic carbocycles. The van der Waals surface area contributed by atoms with E-state index in [0.29, 0.717) is 48.3 Å². The molecule has 0 bridgehead atoms. The van der Waals surface area contributed by atoms with Gasteiger partial charge in [-0.1, -0.05) is 30.3 Å². The van der Waals surface area contributed by atoms with Crippen LogP contribution in [0.1, 0.15) is 48.6 Å². The third-order valence-corrected chi connectivity index (χ3v) is 8.48. The summed E-state index contributed by atoms with van der Waals surface area (Å²) >= 11 is 0. The van der Waals surface area contributed by atoms with Gasteiger partial charge in [-0.15, -0.1) is 0 Å². The molecule has 2 aliphatic rings. The fraction of sp³-hybridized carbons (Fsp3) is 0.545. The van der Waals surface area contributed by atoms with Gasteiger partial charge < -0.3 is 4.90 Å². The molecule has 1 aromatic carbocycles. The summed E-state index contributed by atoms with van der Waals surface area (Å²) in [6, 6.07) is 10.3. The number of likely N-dealkylation sites (tertiary alicyclic amines) is 1. The molecule has 1 amide bonds. The van der Waals surface area contributed by atoms with Gasteiger partial charge in [0, 0.05) is 38.5 Å². The zero-order valence-corrected chi connectivity index (χ0v) is 18.6. The van der Waals surface area contributed by atoms with E-state index in [0.717, 1.165) is 32.4 Å². The molecule has 2 aromatic rings. The van der Waals surface area contributed by atoms with Gasteiger partial charge in [0.15, 0.2) is 0 Å². The van der Waals surface area contributed by atoms with Gasteiger partial charge in [0.2, 0.25) is 15.9 Å². The van der Waals surface area contributed by atoms with Crippen LogP contribution in [0.3, 0.4) is 0 Å². The molecule has 8 heteroatoms. The van der Waals surface area contributed by atoms with E-state index in [2.05, 4.69) is 17.2 Å². The van der Waals surface area contributed by atoms with E-state index in [4.69, 9.17) is 0 Å². The zero-order valence-electron chi connectivity index (χ0n) is 17.7. The Morgan fingerprint density at radius 3 is 2.50 bits per heavy atom. The number of amides is 1. The second-order valence-electron chi connectivity index (χ2n) is 8.32. The summed E-state index contributed by atoms with van der Waals surface area (Å²) in [5.74, 6) is 0.492. The molecule has 4 rings (SSSR count). The average Bonchev–Trinajstić information content (AvgIpc) is 3.48. The predicted octanol–water partition coefficient (Wildman–Crippen LogP) is 2.69. The molecule has 1 aromatic heterocycles. The standard InChI is InChI=1S/C22H30N4O3S/c1-17-22(30(28,29)25-12-6-7-13-25)18(2)26(23-17)15-11-21(27)24-14-10-20(16-24)19-8-4-3-5-9-19/h3-5,8-9,20H,6-7,10-16H2,1-2H3. The van der Waals surface area contributed by atoms with Crippen molar-refractivity contribution in [1.29, 1.82) is 0 Å². The minimum atomic E-state index is -3.52. The molecular weight excluding hydrogens is 400 g/mol. The van der Waals surface area contributed by atoms with Crippen LogP contribution in [0.5, 0.6) is 0 Å². The largest absolute Gasteiger partial charge is 0.342 e. The Balaban J connectivity index is 1.40. The van der Waals surface area contributed by atoms with Crippen LogP contribution in [0, 0.1) is 13.8 Å². The van der Waals surface area contributed by atoms with Crippen LogP contribution in [0.2, 0.25) is 0 Å². The number of aryl methyl sites for hydroxylation is 2. The van der Waals surface area contributed by atoms with E-state index in [1.165, 1.54) is 5.56 Å². The number of carbonyl (C=O) groups excluding carboxylic acids is 1. The van der Waals surface area contributed by atoms with E-state index in [-0.39, 0.29) is 5.91 Å². The molecule has 2 fully saturated rings. The normalized spacial score (nSPS) is 20.2. The van der Waals surface area contributed by atoms with Crippen LogP contribution >= 0.6 is 0 Å². The van der Waals surface area contributed by atoms with Crippen LogP contribution in [-0.2, 0) is 21.4 Å². The van der Waals surface area contributed by atoms with Crippen molar-refractivity contribution < 1.29 is 13.2 Å². The van der Waals surface area contributed by atoms with Gasteiger partial charge in [0.1, 0.15) is 4.90 Å². The van der Waals surface area contributed by atoms with Gasteiger partial charge in [0.05, 0.1) is 17.9 Å². The first-order valence-electron chi connectivity index (χ1n) is 10.7. The van der Waals surface area contributed by atoms with Gasteiger partial charge in [-0.05, 0) is 38.7 Å². The van der Waals surface area contributed by atoms with E-state index >= 15 is 0 Å². The van der Waals surface area contributed by atoms with E-state index in [1.807, 2.05) is 23.1 Å². The zero-order chi connectivity index (χ0) is 21.3. The number of carbonyl (C=O) groups is 1. The highest BCUT2D eigenvalue weighted by Crippen LogP contribution is 2.28. The lowest BCUT2D eigenvalue weighted by atomic mass is 9.99. The van der Waals surface area contributed by atoms with Crippen molar-refractivity contribution in [2.75, 3.05) is 26.2 Å². The van der Waals surface area contributed by atoms with Crippen molar-refractivity contribution in [3.63, 3.8) is 0 Å². The number of hydrogen-bond donors (Lipinski definition) is 0. The molecule has 0 radical (unpaired) electrons. The molecule has 7 nitrogen and oxygen atoms in total. The van der Waals surface area contributed by atoms with E-state index in [9.17, 15) is 13.2 Å². The predicted molar refractivity (Wildman–Crippen MR) is 115 cm³/mol. The second-order valence-corrected chi connectivity index (χ2v) is 10.2. The second kappa shape index (κ2) is 8.51.